The second-order valence-corrected chi connectivity index (χ2v) is 3.35. The summed E-state index contributed by atoms with van der Waals surface area (Å²) >= 11 is 3.08. The van der Waals surface area contributed by atoms with E-state index in [1.165, 1.54) is 7.11 Å². The Labute approximate surface area is 90.9 Å². The minimum Gasteiger partial charge on any atom is -0.465 e. The second kappa shape index (κ2) is 5.44. The molecule has 0 aromatic heterocycles. The number of ether oxygens (including phenoxy) is 1. The van der Waals surface area contributed by atoms with E-state index in [4.69, 9.17) is 0 Å². The molecule has 1 rings (SSSR count). The minimum absolute atomic E-state index is 0.351. The van der Waals surface area contributed by atoms with Crippen LogP contribution in [0.15, 0.2) is 41.0 Å². The molecular formula is C10H10BrNO2. The van der Waals surface area contributed by atoms with Crippen LogP contribution in [0.1, 0.15) is 0 Å². The summed E-state index contributed by atoms with van der Waals surface area (Å²) in [5, 5.41) is 2.95. The average molecular weight is 256 g/mol. The zero-order chi connectivity index (χ0) is 10.4. The van der Waals surface area contributed by atoms with E-state index in [1.807, 2.05) is 30.3 Å². The van der Waals surface area contributed by atoms with Crippen molar-refractivity contribution in [2.24, 2.45) is 0 Å². The summed E-state index contributed by atoms with van der Waals surface area (Å²) in [5.74, 6) is -0.409. The highest BCUT2D eigenvalue weighted by molar-refractivity contribution is 9.12. The molecule has 0 atom stereocenters. The topological polar surface area (TPSA) is 38.3 Å². The number of hydrogen-bond donors (Lipinski definition) is 1. The number of hydrogen-bond acceptors (Lipinski definition) is 3. The van der Waals surface area contributed by atoms with Gasteiger partial charge in [0.1, 0.15) is 4.48 Å². The molecule has 0 saturated carbocycles. The van der Waals surface area contributed by atoms with E-state index < -0.39 is 5.97 Å². The van der Waals surface area contributed by atoms with Crippen LogP contribution in [-0.2, 0) is 9.53 Å². The monoisotopic (exact) mass is 255 g/mol. The highest BCUT2D eigenvalue weighted by atomic mass is 79.9. The standard InChI is InChI=1S/C10H10BrNO2/c1-14-10(13)9(11)7-12-8-5-3-2-4-6-8/h2-7,12H,1H3/b9-7-. The lowest BCUT2D eigenvalue weighted by atomic mass is 10.3. The lowest BCUT2D eigenvalue weighted by Crippen LogP contribution is -2.01. The van der Waals surface area contributed by atoms with E-state index >= 15 is 0 Å². The highest BCUT2D eigenvalue weighted by Gasteiger charge is 2.03. The highest BCUT2D eigenvalue weighted by Crippen LogP contribution is 2.10. The molecule has 0 unspecified atom stereocenters. The number of rotatable bonds is 3. The summed E-state index contributed by atoms with van der Waals surface area (Å²) in [7, 11) is 1.33. The Bertz CT molecular complexity index is 335. The molecule has 74 valence electrons. The van der Waals surface area contributed by atoms with Gasteiger partial charge in [-0.05, 0) is 28.1 Å². The number of esters is 1. The van der Waals surface area contributed by atoms with E-state index in [2.05, 4.69) is 26.0 Å². The maximum atomic E-state index is 11.0. The maximum Gasteiger partial charge on any atom is 0.346 e. The molecule has 0 radical (unpaired) electrons. The summed E-state index contributed by atoms with van der Waals surface area (Å²) in [6.45, 7) is 0. The van der Waals surface area contributed by atoms with Crippen LogP contribution in [0.3, 0.4) is 0 Å². The maximum absolute atomic E-state index is 11.0. The van der Waals surface area contributed by atoms with Crippen LogP contribution in [0.25, 0.3) is 0 Å². The van der Waals surface area contributed by atoms with Gasteiger partial charge in [-0.1, -0.05) is 18.2 Å². The van der Waals surface area contributed by atoms with Gasteiger partial charge in [0.2, 0.25) is 0 Å². The number of methoxy groups -OCH3 is 1. The molecule has 0 aliphatic rings. The summed E-state index contributed by atoms with van der Waals surface area (Å²) in [4.78, 5) is 11.0. The third-order valence-corrected chi connectivity index (χ3v) is 2.07. The van der Waals surface area contributed by atoms with Crippen LogP contribution in [0.4, 0.5) is 5.69 Å². The van der Waals surface area contributed by atoms with Crippen molar-refractivity contribution in [3.8, 4) is 0 Å². The van der Waals surface area contributed by atoms with Crippen LogP contribution in [0.2, 0.25) is 0 Å². The van der Waals surface area contributed by atoms with Gasteiger partial charge in [0.25, 0.3) is 0 Å². The first-order valence-electron chi connectivity index (χ1n) is 3.99. The Morgan fingerprint density at radius 3 is 2.64 bits per heavy atom. The van der Waals surface area contributed by atoms with Crippen LogP contribution in [0, 0.1) is 0 Å². The normalized spacial score (nSPS) is 10.9. The lowest BCUT2D eigenvalue weighted by molar-refractivity contribution is -0.135. The van der Waals surface area contributed by atoms with Gasteiger partial charge in [-0.3, -0.25) is 0 Å². The molecule has 0 aliphatic carbocycles. The summed E-state index contributed by atoms with van der Waals surface area (Å²) < 4.78 is 4.86. The van der Waals surface area contributed by atoms with Gasteiger partial charge >= 0.3 is 5.97 Å². The third kappa shape index (κ3) is 3.22. The molecular weight excluding hydrogens is 246 g/mol. The number of halogens is 1. The van der Waals surface area contributed by atoms with Gasteiger partial charge in [-0.25, -0.2) is 4.79 Å². The molecule has 0 heterocycles. The zero-order valence-corrected chi connectivity index (χ0v) is 9.24. The zero-order valence-electron chi connectivity index (χ0n) is 7.66. The largest absolute Gasteiger partial charge is 0.465 e. The fourth-order valence-corrected chi connectivity index (χ4v) is 1.11. The molecule has 4 heteroatoms. The van der Waals surface area contributed by atoms with Gasteiger partial charge in [0.05, 0.1) is 7.11 Å². The molecule has 0 spiro atoms. The average Bonchev–Trinajstić information content (AvgIpc) is 2.26. The Morgan fingerprint density at radius 2 is 2.07 bits per heavy atom. The van der Waals surface area contributed by atoms with E-state index in [9.17, 15) is 4.79 Å². The first-order chi connectivity index (χ1) is 6.74. The number of nitrogens with one attached hydrogen (secondary N) is 1. The van der Waals surface area contributed by atoms with Gasteiger partial charge in [-0.2, -0.15) is 0 Å². The Hall–Kier alpha value is -1.29. The number of para-hydroxylation sites is 1. The van der Waals surface area contributed by atoms with E-state index in [0.717, 1.165) is 5.69 Å². The quantitative estimate of drug-likeness (QED) is 0.667. The molecule has 1 N–H and O–H groups in total. The molecule has 0 aliphatic heterocycles. The molecule has 3 nitrogen and oxygen atoms in total. The van der Waals surface area contributed by atoms with Crippen LogP contribution in [0.5, 0.6) is 0 Å². The molecule has 1 aromatic rings. The Morgan fingerprint density at radius 1 is 1.43 bits per heavy atom. The van der Waals surface area contributed by atoms with Crippen LogP contribution < -0.4 is 5.32 Å². The Balaban J connectivity index is 2.59. The van der Waals surface area contributed by atoms with Crippen molar-refractivity contribution in [3.05, 3.63) is 41.0 Å². The van der Waals surface area contributed by atoms with Gasteiger partial charge in [-0.15, -0.1) is 0 Å². The molecule has 0 fully saturated rings. The van der Waals surface area contributed by atoms with Crippen molar-refractivity contribution >= 4 is 27.6 Å². The molecule has 0 bridgehead atoms. The predicted molar refractivity (Wildman–Crippen MR) is 59.1 cm³/mol. The van der Waals surface area contributed by atoms with Crippen molar-refractivity contribution in [2.75, 3.05) is 12.4 Å². The van der Waals surface area contributed by atoms with Gasteiger partial charge in [0.15, 0.2) is 0 Å². The smallest absolute Gasteiger partial charge is 0.346 e. The Kier molecular flexibility index (Phi) is 4.19. The first kappa shape index (κ1) is 10.8. The summed E-state index contributed by atoms with van der Waals surface area (Å²) in [6, 6.07) is 9.52. The van der Waals surface area contributed by atoms with Crippen molar-refractivity contribution in [1.82, 2.24) is 0 Å². The fraction of sp³-hybridized carbons (Fsp3) is 0.100. The molecule has 14 heavy (non-hydrogen) atoms. The second-order valence-electron chi connectivity index (χ2n) is 2.49. The van der Waals surface area contributed by atoms with Crippen molar-refractivity contribution in [3.63, 3.8) is 0 Å². The number of carbonyl (C=O) groups is 1. The van der Waals surface area contributed by atoms with Crippen LogP contribution in [-0.4, -0.2) is 13.1 Å². The van der Waals surface area contributed by atoms with Gasteiger partial charge in [0, 0.05) is 11.9 Å². The lowest BCUT2D eigenvalue weighted by Gasteiger charge is -2.00. The van der Waals surface area contributed by atoms with Crippen molar-refractivity contribution in [1.29, 1.82) is 0 Å². The molecule has 1 aromatic carbocycles. The van der Waals surface area contributed by atoms with Crippen molar-refractivity contribution < 1.29 is 9.53 Å². The number of anilines is 1. The van der Waals surface area contributed by atoms with E-state index in [1.54, 1.807) is 6.20 Å². The van der Waals surface area contributed by atoms with E-state index in [0.29, 0.717) is 4.48 Å². The summed E-state index contributed by atoms with van der Waals surface area (Å²) in [6.07, 6.45) is 1.54. The predicted octanol–water partition coefficient (Wildman–Crippen LogP) is 2.51. The van der Waals surface area contributed by atoms with E-state index in [-0.39, 0.29) is 0 Å². The molecule has 0 amide bonds. The minimum atomic E-state index is -0.409. The van der Waals surface area contributed by atoms with Crippen molar-refractivity contribution in [2.45, 2.75) is 0 Å². The van der Waals surface area contributed by atoms with Gasteiger partial charge < -0.3 is 10.1 Å². The number of carbonyl (C=O) groups excluding carboxylic acids is 1. The first-order valence-corrected chi connectivity index (χ1v) is 4.79. The molecule has 0 saturated heterocycles. The fourth-order valence-electron chi connectivity index (χ4n) is 0.837. The summed E-state index contributed by atoms with van der Waals surface area (Å²) in [5.41, 5.74) is 0.911. The number of benzene rings is 1. The van der Waals surface area contributed by atoms with Crippen LogP contribution >= 0.6 is 15.9 Å². The third-order valence-electron chi connectivity index (χ3n) is 1.52. The SMILES string of the molecule is COC(=O)/C(Br)=C/Nc1ccccc1.